The molecule has 1 aromatic rings. The summed E-state index contributed by atoms with van der Waals surface area (Å²) in [4.78, 5) is 17.1. The van der Waals surface area contributed by atoms with E-state index in [1.807, 2.05) is 19.2 Å². The first-order valence-electron chi connectivity index (χ1n) is 6.07. The maximum absolute atomic E-state index is 11.6. The monoisotopic (exact) mass is 251 g/mol. The van der Waals surface area contributed by atoms with Gasteiger partial charge in [0, 0.05) is 32.5 Å². The maximum atomic E-state index is 11.6. The topological polar surface area (TPSA) is 65.5 Å². The molecule has 1 unspecified atom stereocenters. The molecular weight excluding hydrogens is 230 g/mol. The van der Waals surface area contributed by atoms with Crippen molar-refractivity contribution in [1.29, 1.82) is 0 Å². The van der Waals surface area contributed by atoms with Crippen LogP contribution in [-0.2, 0) is 6.42 Å². The van der Waals surface area contributed by atoms with Crippen LogP contribution in [0.15, 0.2) is 18.5 Å². The van der Waals surface area contributed by atoms with Crippen molar-refractivity contribution in [3.05, 3.63) is 29.6 Å². The normalized spacial score (nSPS) is 12.0. The molecule has 100 valence electrons. The Kier molecular flexibility index (Phi) is 5.58. The molecule has 18 heavy (non-hydrogen) atoms. The highest BCUT2D eigenvalue weighted by Crippen LogP contribution is 2.04. The van der Waals surface area contributed by atoms with Gasteiger partial charge in [0.05, 0.1) is 6.10 Å². The number of aliphatic hydroxyl groups excluding tert-OH is 1. The molecular formula is C13H21N3O2. The summed E-state index contributed by atoms with van der Waals surface area (Å²) in [6.45, 7) is 4.57. The average molecular weight is 251 g/mol. The van der Waals surface area contributed by atoms with E-state index in [2.05, 4.69) is 10.3 Å². The van der Waals surface area contributed by atoms with Crippen molar-refractivity contribution in [3.8, 4) is 0 Å². The smallest absolute Gasteiger partial charge is 0.317 e. The minimum atomic E-state index is -0.511. The third-order valence-electron chi connectivity index (χ3n) is 2.69. The van der Waals surface area contributed by atoms with Gasteiger partial charge in [0.15, 0.2) is 0 Å². The third-order valence-corrected chi connectivity index (χ3v) is 2.69. The van der Waals surface area contributed by atoms with Gasteiger partial charge < -0.3 is 15.3 Å². The number of amides is 2. The molecule has 5 heteroatoms. The molecule has 0 fully saturated rings. The van der Waals surface area contributed by atoms with Crippen LogP contribution in [0.5, 0.6) is 0 Å². The number of nitrogens with one attached hydrogen (secondary N) is 1. The first kappa shape index (κ1) is 14.4. The van der Waals surface area contributed by atoms with E-state index in [4.69, 9.17) is 0 Å². The number of urea groups is 1. The van der Waals surface area contributed by atoms with Gasteiger partial charge in [-0.15, -0.1) is 0 Å². The Labute approximate surface area is 108 Å². The van der Waals surface area contributed by atoms with Gasteiger partial charge in [0.25, 0.3) is 0 Å². The average Bonchev–Trinajstić information content (AvgIpc) is 2.30. The standard InChI is InChI=1S/C13H21N3O2/c1-10-8-14-6-4-12(10)5-7-15-13(18)16(3)9-11(2)17/h4,6,8,11,17H,5,7,9H2,1-3H3,(H,15,18). The zero-order valence-corrected chi connectivity index (χ0v) is 11.2. The molecule has 0 saturated heterocycles. The number of carbonyl (C=O) groups is 1. The van der Waals surface area contributed by atoms with Crippen LogP contribution in [0.1, 0.15) is 18.1 Å². The van der Waals surface area contributed by atoms with Crippen molar-refractivity contribution in [2.45, 2.75) is 26.4 Å². The van der Waals surface area contributed by atoms with E-state index in [0.29, 0.717) is 13.1 Å². The lowest BCUT2D eigenvalue weighted by atomic mass is 10.1. The van der Waals surface area contributed by atoms with Crippen LogP contribution < -0.4 is 5.32 Å². The van der Waals surface area contributed by atoms with Crippen molar-refractivity contribution in [1.82, 2.24) is 15.2 Å². The number of pyridine rings is 1. The molecule has 0 saturated carbocycles. The molecule has 1 aromatic heterocycles. The molecule has 0 aliphatic carbocycles. The quantitative estimate of drug-likeness (QED) is 0.819. The van der Waals surface area contributed by atoms with E-state index in [0.717, 1.165) is 12.0 Å². The van der Waals surface area contributed by atoms with Crippen molar-refractivity contribution < 1.29 is 9.90 Å². The van der Waals surface area contributed by atoms with Gasteiger partial charge in [-0.1, -0.05) is 0 Å². The Hall–Kier alpha value is -1.62. The fourth-order valence-corrected chi connectivity index (χ4v) is 1.70. The van der Waals surface area contributed by atoms with E-state index >= 15 is 0 Å². The first-order valence-corrected chi connectivity index (χ1v) is 6.07. The number of carbonyl (C=O) groups excluding carboxylic acids is 1. The summed E-state index contributed by atoms with van der Waals surface area (Å²) in [5, 5.41) is 12.0. The number of hydrogen-bond acceptors (Lipinski definition) is 3. The lowest BCUT2D eigenvalue weighted by Gasteiger charge is -2.19. The highest BCUT2D eigenvalue weighted by molar-refractivity contribution is 5.73. The minimum absolute atomic E-state index is 0.164. The Morgan fingerprint density at radius 3 is 2.94 bits per heavy atom. The number of aliphatic hydroxyl groups is 1. The number of rotatable bonds is 5. The zero-order chi connectivity index (χ0) is 13.5. The van der Waals surface area contributed by atoms with Gasteiger partial charge in [-0.2, -0.15) is 0 Å². The third kappa shape index (κ3) is 4.71. The number of nitrogens with zero attached hydrogens (tertiary/aromatic N) is 2. The summed E-state index contributed by atoms with van der Waals surface area (Å²) in [7, 11) is 1.67. The second-order valence-corrected chi connectivity index (χ2v) is 4.51. The highest BCUT2D eigenvalue weighted by Gasteiger charge is 2.09. The Bertz CT molecular complexity index is 394. The van der Waals surface area contributed by atoms with E-state index in [1.54, 1.807) is 20.2 Å². The Morgan fingerprint density at radius 2 is 2.33 bits per heavy atom. The van der Waals surface area contributed by atoms with Gasteiger partial charge >= 0.3 is 6.03 Å². The summed E-state index contributed by atoms with van der Waals surface area (Å²) in [6, 6.07) is 1.80. The fraction of sp³-hybridized carbons (Fsp3) is 0.538. The Morgan fingerprint density at radius 1 is 1.61 bits per heavy atom. The zero-order valence-electron chi connectivity index (χ0n) is 11.2. The molecule has 0 radical (unpaired) electrons. The van der Waals surface area contributed by atoms with Gasteiger partial charge in [-0.05, 0) is 37.5 Å². The van der Waals surface area contributed by atoms with Crippen LogP contribution in [0, 0.1) is 6.92 Å². The summed E-state index contributed by atoms with van der Waals surface area (Å²) >= 11 is 0. The summed E-state index contributed by atoms with van der Waals surface area (Å²) in [5.41, 5.74) is 2.31. The molecule has 0 aliphatic heterocycles. The van der Waals surface area contributed by atoms with Crippen LogP contribution in [0.4, 0.5) is 4.79 Å². The van der Waals surface area contributed by atoms with E-state index in [1.165, 1.54) is 10.5 Å². The molecule has 2 amide bonds. The molecule has 2 N–H and O–H groups in total. The second kappa shape index (κ2) is 6.96. The molecule has 0 aliphatic rings. The van der Waals surface area contributed by atoms with Crippen molar-refractivity contribution in [2.75, 3.05) is 20.1 Å². The molecule has 0 spiro atoms. The molecule has 0 bridgehead atoms. The minimum Gasteiger partial charge on any atom is -0.392 e. The summed E-state index contributed by atoms with van der Waals surface area (Å²) < 4.78 is 0. The molecule has 1 rings (SSSR count). The summed E-state index contributed by atoms with van der Waals surface area (Å²) in [5.74, 6) is 0. The SMILES string of the molecule is Cc1cnccc1CCNC(=O)N(C)CC(C)O. The van der Waals surface area contributed by atoms with Gasteiger partial charge in [-0.3, -0.25) is 4.98 Å². The largest absolute Gasteiger partial charge is 0.392 e. The fourth-order valence-electron chi connectivity index (χ4n) is 1.70. The molecule has 1 atom stereocenters. The van der Waals surface area contributed by atoms with Crippen LogP contribution in [0.25, 0.3) is 0 Å². The predicted molar refractivity (Wildman–Crippen MR) is 70.4 cm³/mol. The molecule has 0 aromatic carbocycles. The predicted octanol–water partition coefficient (Wildman–Crippen LogP) is 0.955. The van der Waals surface area contributed by atoms with Crippen LogP contribution >= 0.6 is 0 Å². The van der Waals surface area contributed by atoms with E-state index < -0.39 is 6.10 Å². The van der Waals surface area contributed by atoms with E-state index in [-0.39, 0.29) is 6.03 Å². The van der Waals surface area contributed by atoms with Crippen LogP contribution in [0.2, 0.25) is 0 Å². The number of hydrogen-bond donors (Lipinski definition) is 2. The van der Waals surface area contributed by atoms with Crippen LogP contribution in [0.3, 0.4) is 0 Å². The lowest BCUT2D eigenvalue weighted by molar-refractivity contribution is 0.144. The Balaban J connectivity index is 2.34. The summed E-state index contributed by atoms with van der Waals surface area (Å²) in [6.07, 6.45) is 3.84. The molecule has 1 heterocycles. The van der Waals surface area contributed by atoms with Crippen molar-refractivity contribution in [2.24, 2.45) is 0 Å². The van der Waals surface area contributed by atoms with Crippen molar-refractivity contribution in [3.63, 3.8) is 0 Å². The van der Waals surface area contributed by atoms with E-state index in [9.17, 15) is 9.90 Å². The van der Waals surface area contributed by atoms with Gasteiger partial charge in [-0.25, -0.2) is 4.79 Å². The number of likely N-dealkylation sites (N-methyl/N-ethyl adjacent to an activating group) is 1. The lowest BCUT2D eigenvalue weighted by Crippen LogP contribution is -2.41. The van der Waals surface area contributed by atoms with Gasteiger partial charge in [0.2, 0.25) is 0 Å². The molecule has 5 nitrogen and oxygen atoms in total. The second-order valence-electron chi connectivity index (χ2n) is 4.51. The maximum Gasteiger partial charge on any atom is 0.317 e. The number of aromatic nitrogens is 1. The highest BCUT2D eigenvalue weighted by atomic mass is 16.3. The number of aryl methyl sites for hydroxylation is 1. The first-order chi connectivity index (χ1) is 8.50. The van der Waals surface area contributed by atoms with Gasteiger partial charge in [0.1, 0.15) is 0 Å². The van der Waals surface area contributed by atoms with Crippen molar-refractivity contribution >= 4 is 6.03 Å². The van der Waals surface area contributed by atoms with Crippen LogP contribution in [-0.4, -0.2) is 47.3 Å².